The number of aromatic nitrogens is 2. The minimum absolute atomic E-state index is 0.0224. The summed E-state index contributed by atoms with van der Waals surface area (Å²) in [6.07, 6.45) is -0.550. The van der Waals surface area contributed by atoms with Crippen LogP contribution in [0.4, 0.5) is 13.2 Å². The van der Waals surface area contributed by atoms with Crippen molar-refractivity contribution in [2.24, 2.45) is 5.92 Å². The van der Waals surface area contributed by atoms with Crippen molar-refractivity contribution in [2.75, 3.05) is 0 Å². The molecule has 1 aliphatic rings. The van der Waals surface area contributed by atoms with E-state index in [1.54, 1.807) is 12.1 Å². The van der Waals surface area contributed by atoms with Crippen molar-refractivity contribution in [3.63, 3.8) is 0 Å². The van der Waals surface area contributed by atoms with Crippen LogP contribution >= 0.6 is 0 Å². The Morgan fingerprint density at radius 1 is 1.09 bits per heavy atom. The summed E-state index contributed by atoms with van der Waals surface area (Å²) in [5.74, 6) is -1.52. The van der Waals surface area contributed by atoms with E-state index in [-0.39, 0.29) is 34.8 Å². The van der Waals surface area contributed by atoms with Crippen LogP contribution in [0.5, 0.6) is 0 Å². The lowest BCUT2D eigenvalue weighted by atomic mass is 9.80. The van der Waals surface area contributed by atoms with Crippen LogP contribution in [0.3, 0.4) is 0 Å². The second kappa shape index (κ2) is 9.13. The van der Waals surface area contributed by atoms with Crippen LogP contribution in [0, 0.1) is 18.7 Å². The summed E-state index contributed by atoms with van der Waals surface area (Å²) < 4.78 is 67.3. The summed E-state index contributed by atoms with van der Waals surface area (Å²) in [5, 5.41) is 3.12. The van der Waals surface area contributed by atoms with Crippen LogP contribution in [0.25, 0.3) is 5.69 Å². The lowest BCUT2D eigenvalue weighted by Gasteiger charge is -2.35. The van der Waals surface area contributed by atoms with Crippen molar-refractivity contribution in [3.05, 3.63) is 77.4 Å². The molecule has 0 spiro atoms. The number of Topliss-reactive ketones (excluding diaryl/α,β-unsaturated/α-hetero) is 1. The van der Waals surface area contributed by atoms with Gasteiger partial charge in [0.2, 0.25) is 0 Å². The molecular formula is C24H23F3N2O3S. The normalized spacial score (nSPS) is 18.3. The minimum atomic E-state index is -3.78. The fraction of sp³-hybridized carbons (Fsp3) is 0.333. The van der Waals surface area contributed by atoms with Crippen LogP contribution in [-0.2, 0) is 21.1 Å². The Hall–Kier alpha value is -2.94. The van der Waals surface area contributed by atoms with E-state index >= 15 is 0 Å². The molecule has 0 bridgehead atoms. The zero-order valence-corrected chi connectivity index (χ0v) is 18.7. The Morgan fingerprint density at radius 3 is 2.33 bits per heavy atom. The molecule has 0 radical (unpaired) electrons. The highest BCUT2D eigenvalue weighted by atomic mass is 32.2. The number of aryl methyl sites for hydroxylation is 2. The molecule has 2 aromatic carbocycles. The van der Waals surface area contributed by atoms with Gasteiger partial charge in [0.1, 0.15) is 17.3 Å². The van der Waals surface area contributed by atoms with E-state index in [1.165, 1.54) is 23.0 Å². The first-order chi connectivity index (χ1) is 15.7. The number of sulfone groups is 1. The molecule has 174 valence electrons. The quantitative estimate of drug-likeness (QED) is 0.429. The summed E-state index contributed by atoms with van der Waals surface area (Å²) in [6.45, 7) is 1.92. The average Bonchev–Trinajstić information content (AvgIpc) is 3.16. The lowest BCUT2D eigenvalue weighted by molar-refractivity contribution is -0.124. The van der Waals surface area contributed by atoms with Crippen LogP contribution in [-0.4, -0.2) is 29.2 Å². The van der Waals surface area contributed by atoms with Crippen molar-refractivity contribution >= 4 is 15.6 Å². The minimum Gasteiger partial charge on any atom is -0.299 e. The molecule has 1 heterocycles. The summed E-state index contributed by atoms with van der Waals surface area (Å²) in [4.78, 5) is 12.8. The molecule has 33 heavy (non-hydrogen) atoms. The van der Waals surface area contributed by atoms with Gasteiger partial charge in [-0.2, -0.15) is 5.10 Å². The van der Waals surface area contributed by atoms with Crippen molar-refractivity contribution in [1.29, 1.82) is 0 Å². The van der Waals surface area contributed by atoms with Gasteiger partial charge < -0.3 is 0 Å². The van der Waals surface area contributed by atoms with Gasteiger partial charge in [-0.15, -0.1) is 0 Å². The first kappa shape index (κ1) is 23.2. The van der Waals surface area contributed by atoms with Crippen LogP contribution in [0.15, 0.2) is 59.6 Å². The fourth-order valence-corrected chi connectivity index (χ4v) is 6.11. The van der Waals surface area contributed by atoms with E-state index in [1.807, 2.05) is 19.1 Å². The molecule has 9 heteroatoms. The fourth-order valence-electron chi connectivity index (χ4n) is 4.08. The van der Waals surface area contributed by atoms with Crippen molar-refractivity contribution in [1.82, 2.24) is 9.78 Å². The predicted molar refractivity (Wildman–Crippen MR) is 117 cm³/mol. The van der Waals surface area contributed by atoms with Gasteiger partial charge >= 0.3 is 0 Å². The van der Waals surface area contributed by atoms with E-state index < -0.39 is 33.2 Å². The first-order valence-electron chi connectivity index (χ1n) is 10.6. The molecule has 1 fully saturated rings. The van der Waals surface area contributed by atoms with Gasteiger partial charge in [0.25, 0.3) is 6.43 Å². The Morgan fingerprint density at radius 2 is 1.76 bits per heavy atom. The van der Waals surface area contributed by atoms with Gasteiger partial charge in [-0.25, -0.2) is 26.3 Å². The van der Waals surface area contributed by atoms with E-state index in [0.717, 1.165) is 17.7 Å². The van der Waals surface area contributed by atoms with Gasteiger partial charge in [0, 0.05) is 24.1 Å². The van der Waals surface area contributed by atoms with E-state index in [2.05, 4.69) is 5.10 Å². The molecule has 0 aliphatic heterocycles. The molecule has 1 saturated carbocycles. The number of carbonyl (C=O) groups excluding carboxylic acids is 1. The molecule has 4 rings (SSSR count). The number of carbonyl (C=O) groups is 1. The summed E-state index contributed by atoms with van der Waals surface area (Å²) in [7, 11) is -3.78. The van der Waals surface area contributed by atoms with Crippen molar-refractivity contribution in [3.8, 4) is 5.69 Å². The number of alkyl halides is 2. The average molecular weight is 477 g/mol. The van der Waals surface area contributed by atoms with Crippen LogP contribution < -0.4 is 0 Å². The third-order valence-electron chi connectivity index (χ3n) is 6.13. The maximum Gasteiger partial charge on any atom is 0.282 e. The van der Waals surface area contributed by atoms with Gasteiger partial charge in [0.15, 0.2) is 9.84 Å². The van der Waals surface area contributed by atoms with Gasteiger partial charge in [0.05, 0.1) is 15.8 Å². The smallest absolute Gasteiger partial charge is 0.282 e. The Kier molecular flexibility index (Phi) is 6.43. The predicted octanol–water partition coefficient (Wildman–Crippen LogP) is 5.01. The number of nitrogens with zero attached hydrogens (tertiary/aromatic N) is 2. The van der Waals surface area contributed by atoms with E-state index in [0.29, 0.717) is 18.5 Å². The van der Waals surface area contributed by atoms with Crippen molar-refractivity contribution in [2.45, 2.75) is 49.2 Å². The third kappa shape index (κ3) is 4.73. The third-order valence-corrected chi connectivity index (χ3v) is 8.42. The lowest BCUT2D eigenvalue weighted by Crippen LogP contribution is -2.43. The van der Waals surface area contributed by atoms with Crippen LogP contribution in [0.1, 0.15) is 42.5 Å². The summed E-state index contributed by atoms with van der Waals surface area (Å²) in [6, 6.07) is 11.8. The highest BCUT2D eigenvalue weighted by Gasteiger charge is 2.45. The Bertz CT molecular complexity index is 1250. The molecule has 0 N–H and O–H groups in total. The second-order valence-electron chi connectivity index (χ2n) is 8.31. The Balaban J connectivity index is 1.47. The topological polar surface area (TPSA) is 69.0 Å². The Labute approximate surface area is 190 Å². The standard InChI is InChI=1S/C24H23F3N2O3S/c1-15-2-7-18(8-3-15)29-14-16(23(28-29)24(26)27)4-12-21(30)20-11-13-22(20)33(31,32)19-9-5-17(25)6-10-19/h2-3,5-10,14,20,22,24H,4,11-13H2,1H3/t20-,22-/m0/s1. The molecule has 5 nitrogen and oxygen atoms in total. The second-order valence-corrected chi connectivity index (χ2v) is 10.5. The molecule has 0 amide bonds. The number of halogens is 3. The largest absolute Gasteiger partial charge is 0.299 e. The maximum absolute atomic E-state index is 13.5. The number of benzene rings is 2. The molecule has 1 aliphatic carbocycles. The number of hydrogen-bond donors (Lipinski definition) is 0. The van der Waals surface area contributed by atoms with Crippen molar-refractivity contribution < 1.29 is 26.4 Å². The molecular weight excluding hydrogens is 453 g/mol. The van der Waals surface area contributed by atoms with Gasteiger partial charge in [-0.3, -0.25) is 4.79 Å². The van der Waals surface area contributed by atoms with Gasteiger partial charge in [-0.05, 0) is 62.6 Å². The molecule has 2 atom stereocenters. The zero-order chi connectivity index (χ0) is 23.8. The highest BCUT2D eigenvalue weighted by Crippen LogP contribution is 2.38. The SMILES string of the molecule is Cc1ccc(-n2cc(CCC(=O)[C@@H]3CC[C@@H]3S(=O)(=O)c3ccc(F)cc3)c(C(F)F)n2)cc1. The molecule has 1 aromatic heterocycles. The number of ketones is 1. The molecule has 0 unspecified atom stereocenters. The summed E-state index contributed by atoms with van der Waals surface area (Å²) >= 11 is 0. The number of hydrogen-bond acceptors (Lipinski definition) is 4. The maximum atomic E-state index is 13.5. The first-order valence-corrected chi connectivity index (χ1v) is 12.2. The zero-order valence-electron chi connectivity index (χ0n) is 17.9. The van der Waals surface area contributed by atoms with E-state index in [9.17, 15) is 26.4 Å². The van der Waals surface area contributed by atoms with Crippen LogP contribution in [0.2, 0.25) is 0 Å². The monoisotopic (exact) mass is 476 g/mol. The molecule has 3 aromatic rings. The molecule has 0 saturated heterocycles. The number of rotatable bonds is 8. The summed E-state index contributed by atoms with van der Waals surface area (Å²) in [5.41, 5.74) is 1.53. The van der Waals surface area contributed by atoms with E-state index in [4.69, 9.17) is 0 Å². The van der Waals surface area contributed by atoms with Gasteiger partial charge in [-0.1, -0.05) is 17.7 Å². The highest BCUT2D eigenvalue weighted by molar-refractivity contribution is 7.92.